The van der Waals surface area contributed by atoms with E-state index in [0.29, 0.717) is 127 Å². The lowest BCUT2D eigenvalue weighted by Crippen LogP contribution is -2.51. The number of nitrogens with one attached hydrogen (secondary N) is 8. The van der Waals surface area contributed by atoms with Crippen molar-refractivity contribution in [3.8, 4) is 5.82 Å². The highest BCUT2D eigenvalue weighted by Gasteiger charge is 2.37. The number of ether oxygens (including phenoxy) is 1. The Morgan fingerprint density at radius 2 is 0.758 bits per heavy atom. The van der Waals surface area contributed by atoms with E-state index >= 15 is 0 Å². The molecule has 34 nitrogen and oxygen atoms in total. The number of rotatable bonds is 41. The van der Waals surface area contributed by atoms with Crippen molar-refractivity contribution >= 4 is 157 Å². The number of benzene rings is 1. The number of hydrogen-bond acceptors (Lipinski definition) is 25. The maximum absolute atomic E-state index is 13.0. The number of anilines is 1. The van der Waals surface area contributed by atoms with Crippen molar-refractivity contribution in [2.75, 3.05) is 105 Å². The highest BCUT2D eigenvalue weighted by Crippen LogP contribution is 2.32. The van der Waals surface area contributed by atoms with Crippen LogP contribution < -0.4 is 42.9 Å². The number of aromatic nitrogens is 5. The van der Waals surface area contributed by atoms with Crippen molar-refractivity contribution in [1.29, 1.82) is 0 Å². The van der Waals surface area contributed by atoms with Gasteiger partial charge < -0.3 is 75.8 Å². The van der Waals surface area contributed by atoms with Gasteiger partial charge in [-0.15, -0.1) is 0 Å². The lowest BCUT2D eigenvalue weighted by Gasteiger charge is -2.41. The summed E-state index contributed by atoms with van der Waals surface area (Å²) in [5.74, 6) is -0.143. The fourth-order valence-corrected chi connectivity index (χ4v) is 23.3. The number of nitrogens with zero attached hydrogens (tertiary/aromatic N) is 13. The molecule has 0 unspecified atom stereocenters. The van der Waals surface area contributed by atoms with E-state index in [9.17, 15) is 47.9 Å². The van der Waals surface area contributed by atoms with Crippen LogP contribution in [0.4, 0.5) is 20.1 Å². The van der Waals surface area contributed by atoms with Gasteiger partial charge in [-0.3, -0.25) is 43.2 Å². The molecule has 4 fully saturated rings. The number of hydrogen-bond donors (Lipinski definition) is 8. The van der Waals surface area contributed by atoms with Gasteiger partial charge in [0.1, 0.15) is 20.6 Å². The molecule has 0 saturated carbocycles. The zero-order valence-corrected chi connectivity index (χ0v) is 95.1. The number of esters is 1. The van der Waals surface area contributed by atoms with Gasteiger partial charge in [0.2, 0.25) is 11.8 Å². The average Bonchev–Trinajstić information content (AvgIpc) is 1.51. The van der Waals surface area contributed by atoms with Gasteiger partial charge in [-0.2, -0.15) is 50.4 Å². The minimum atomic E-state index is -0.371. The number of halogens is 4. The van der Waals surface area contributed by atoms with Crippen LogP contribution in [0.25, 0.3) is 5.82 Å². The summed E-state index contributed by atoms with van der Waals surface area (Å²) in [5, 5.41) is 39.3. The molecule has 8 aromatic heterocycles. The van der Waals surface area contributed by atoms with Gasteiger partial charge in [-0.05, 0) is 321 Å². The van der Waals surface area contributed by atoms with Crippen LogP contribution in [-0.2, 0) is 55.0 Å². The second-order valence-electron chi connectivity index (χ2n) is 38.9. The largest absolute Gasteiger partial charge is 0.469 e. The van der Waals surface area contributed by atoms with Gasteiger partial charge in [-0.25, -0.2) is 45.0 Å². The number of carbonyl (C=O) groups is 10. The summed E-state index contributed by atoms with van der Waals surface area (Å²) in [6.07, 6.45) is 13.1. The average molecular weight is 2210 g/mol. The van der Waals surface area contributed by atoms with Crippen LogP contribution in [0.3, 0.4) is 0 Å². The Morgan fingerprint density at radius 3 is 1.07 bits per heavy atom. The van der Waals surface area contributed by atoms with Crippen LogP contribution >= 0.6 is 91.8 Å². The third-order valence-corrected chi connectivity index (χ3v) is 31.6. The Balaban J connectivity index is 0.000000204. The quantitative estimate of drug-likeness (QED) is 0.0100. The van der Waals surface area contributed by atoms with Gasteiger partial charge in [-0.1, -0.05) is 53.3 Å². The molecule has 4 saturated heterocycles. The van der Waals surface area contributed by atoms with Gasteiger partial charge in [0, 0.05) is 189 Å². The van der Waals surface area contributed by atoms with Gasteiger partial charge in [0.25, 0.3) is 23.6 Å². The SMILES string of the molecule is CCC(=O)N(Cc1ccsc1)C1CCN([C@H](C)CCNC(=O)c2c(C)cc(Cl)nc2Cl)CC1.COC(=O)CCC(=O)N(Cc1ccsc1)C1CCN([C@H](C)CCNC(=O)c2c(C)cc(Cl)nc2Cl)CC1.CONC(=O)N(Cc1ccsc1)C1CCN([C@H](C)CCNC(=O)c2c(C)cc(-n3ccc(C)n3)nc2C)CC1.CONC(=O)N(Cc1ccsc1)C1CCN([C@H](C)CCNC(=O)c2c(C)cc(NC(=O)NC(C)C)cc2C)CC1. The predicted octanol–water partition coefficient (Wildman–Crippen LogP) is 18.5. The van der Waals surface area contributed by atoms with Crippen molar-refractivity contribution in [3.63, 3.8) is 0 Å². The van der Waals surface area contributed by atoms with E-state index in [1.807, 2.05) is 129 Å². The molecular weight excluding hydrogens is 2060 g/mol. The second kappa shape index (κ2) is 60.8. The fourth-order valence-electron chi connectivity index (χ4n) is 19.4. The molecule has 12 heterocycles. The number of pyridine rings is 3. The van der Waals surface area contributed by atoms with E-state index < -0.39 is 0 Å². The van der Waals surface area contributed by atoms with E-state index in [-0.39, 0.29) is 129 Å². The van der Waals surface area contributed by atoms with Crippen molar-refractivity contribution in [2.45, 2.75) is 274 Å². The minimum Gasteiger partial charge on any atom is -0.469 e. The molecule has 0 bridgehead atoms. The first-order valence-electron chi connectivity index (χ1n) is 51.2. The number of methoxy groups -OCH3 is 1. The first-order valence-corrected chi connectivity index (χ1v) is 56.5. The first kappa shape index (κ1) is 121. The lowest BCUT2D eigenvalue weighted by molar-refractivity contribution is -0.144. The number of piperidine rings is 4. The highest BCUT2D eigenvalue weighted by molar-refractivity contribution is 7.08. The number of carbonyl (C=O) groups excluding carboxylic acids is 10. The van der Waals surface area contributed by atoms with E-state index in [0.717, 1.165) is 168 Å². The zero-order chi connectivity index (χ0) is 108. The monoisotopic (exact) mass is 2200 g/mol. The molecule has 149 heavy (non-hydrogen) atoms. The van der Waals surface area contributed by atoms with Crippen LogP contribution in [0.2, 0.25) is 20.6 Å². The second-order valence-corrected chi connectivity index (χ2v) is 43.5. The molecule has 0 spiro atoms. The molecule has 1 aromatic carbocycles. The van der Waals surface area contributed by atoms with E-state index in [1.54, 1.807) is 76.0 Å². The molecule has 0 aliphatic carbocycles. The van der Waals surface area contributed by atoms with E-state index in [1.165, 1.54) is 26.9 Å². The van der Waals surface area contributed by atoms with Crippen LogP contribution in [0.1, 0.15) is 248 Å². The zero-order valence-electron chi connectivity index (χ0n) is 88.9. The molecule has 4 aliphatic heterocycles. The van der Waals surface area contributed by atoms with Gasteiger partial charge >= 0.3 is 24.1 Å². The van der Waals surface area contributed by atoms with E-state index in [2.05, 4.69) is 154 Å². The Labute approximate surface area is 913 Å². The number of hydroxylamine groups is 2. The third kappa shape index (κ3) is 37.0. The molecule has 13 rings (SSSR count). The van der Waals surface area contributed by atoms with Crippen LogP contribution in [0.5, 0.6) is 0 Å². The Morgan fingerprint density at radius 1 is 0.423 bits per heavy atom. The molecule has 0 radical (unpaired) electrons. The van der Waals surface area contributed by atoms with Crippen LogP contribution in [0, 0.1) is 48.5 Å². The number of likely N-dealkylation sites (tertiary alicyclic amines) is 4. The fraction of sp³-hybridized carbons (Fsp3) is 0.533. The molecule has 812 valence electrons. The van der Waals surface area contributed by atoms with Crippen molar-refractivity contribution in [3.05, 3.63) is 214 Å². The van der Waals surface area contributed by atoms with Crippen LogP contribution in [0.15, 0.2) is 110 Å². The lowest BCUT2D eigenvalue weighted by atomic mass is 9.99. The van der Waals surface area contributed by atoms with Crippen molar-refractivity contribution in [2.24, 2.45) is 0 Å². The summed E-state index contributed by atoms with van der Waals surface area (Å²) in [6, 6.07) is 20.2. The Kier molecular flexibility index (Phi) is 49.2. The predicted molar refractivity (Wildman–Crippen MR) is 593 cm³/mol. The van der Waals surface area contributed by atoms with Gasteiger partial charge in [0.15, 0.2) is 5.82 Å². The maximum Gasteiger partial charge on any atom is 0.341 e. The number of thiophene rings is 4. The molecular formula is C107H149Cl4N21O13S4. The van der Waals surface area contributed by atoms with Crippen molar-refractivity contribution < 1.29 is 62.4 Å². The Bertz CT molecular complexity index is 5700. The maximum atomic E-state index is 13.0. The smallest absolute Gasteiger partial charge is 0.341 e. The minimum absolute atomic E-state index is 0.0172. The summed E-state index contributed by atoms with van der Waals surface area (Å²) < 4.78 is 6.43. The van der Waals surface area contributed by atoms with Crippen molar-refractivity contribution in [1.82, 2.24) is 101 Å². The third-order valence-electron chi connectivity index (χ3n) is 27.7. The molecule has 42 heteroatoms. The summed E-state index contributed by atoms with van der Waals surface area (Å²) in [7, 11) is 4.25. The topological polar surface area (TPSA) is 377 Å². The Hall–Kier alpha value is -10.3. The summed E-state index contributed by atoms with van der Waals surface area (Å²) in [6.45, 7) is 39.3. The molecule has 4 atom stereocenters. The summed E-state index contributed by atoms with van der Waals surface area (Å²) >= 11 is 30.6. The normalized spacial score (nSPS) is 15.3. The molecule has 4 aliphatic rings. The van der Waals surface area contributed by atoms with E-state index in [4.69, 9.17) is 60.8 Å². The number of urea groups is 3. The van der Waals surface area contributed by atoms with Crippen LogP contribution in [-0.4, -0.2) is 278 Å². The summed E-state index contributed by atoms with van der Waals surface area (Å²) in [4.78, 5) is 166. The van der Waals surface area contributed by atoms with Gasteiger partial charge in [0.05, 0.1) is 55.8 Å². The summed E-state index contributed by atoms with van der Waals surface area (Å²) in [5.41, 5.74) is 17.7. The molecule has 9 aromatic rings. The number of aryl methyl sites for hydroxylation is 7. The standard InChI is InChI=1S/C29H44N6O4S.C28H39N7O3S.C26H34Cl2N4O4S.C24H32Cl2N4O2S/c1-19(2)31-28(37)32-24-15-20(3)26(21(4)16-24)27(36)30-11-7-22(5)34-12-8-25(9-13-34)35(29(38)33-39-6)17-23-10-14-40-18-23;1-19-16-25(35-14-7-20(2)31-35)30-22(4)26(19)27(36)29-11-6-21(3)33-12-8-24(9-13-33)34(28(37)32-38-5)17-23-10-15-39-18-23;1-17-14-21(27)30-25(28)24(17)26(35)29-10-6-18(2)31-11-7-20(8-12-31)32(15-19-9-13-37-16-19)22(33)4-5-23(34)36-3;1-4-21(31)30(14-18-8-12-33-15-18)19-6-10-29(11-7-19)17(3)5-9-27-24(32)22-16(2)13-20(25)28-23(22)26/h10,14-16,18-19,22,25H,7-9,11-13,17H2,1-6H3,(H,30,36)(H,33,38)(H2,31,32,37);7,10,14-16,18,21,24H,6,8-9,11-13,17H2,1-5H3,(H,29,36)(H,32,37);9,13-14,16,18,20H,4-8,10-12,15H2,1-3H3,(H,29,35);8,12-13,15,17,19H,4-7,9-11,14H2,1-3H3,(H,27,32)/t22-;21-;18-;17-/m1111/s1. The molecule has 12 amide bonds. The molecule has 8 N–H and O–H groups in total. The highest BCUT2D eigenvalue weighted by atomic mass is 35.5. The first-order chi connectivity index (χ1) is 71.3. The number of amides is 12.